The number of hydrogen-bond donors (Lipinski definition) is 3. The Morgan fingerprint density at radius 3 is 2.48 bits per heavy atom. The lowest BCUT2D eigenvalue weighted by Gasteiger charge is -2.21. The van der Waals surface area contributed by atoms with E-state index in [-0.39, 0.29) is 10.7 Å². The average Bonchev–Trinajstić information content (AvgIpc) is 2.83. The van der Waals surface area contributed by atoms with E-state index in [1.165, 1.54) is 19.9 Å². The Kier molecular flexibility index (Phi) is 4.22. The van der Waals surface area contributed by atoms with Crippen LogP contribution in [-0.4, -0.2) is 31.4 Å². The molecule has 1 aromatic carbocycles. The van der Waals surface area contributed by atoms with Gasteiger partial charge in [-0.15, -0.1) is 0 Å². The highest BCUT2D eigenvalue weighted by molar-refractivity contribution is 7.00. The first kappa shape index (κ1) is 15.7. The highest BCUT2D eigenvalue weighted by Crippen LogP contribution is 2.35. The zero-order chi connectivity index (χ0) is 15.8. The molecule has 0 saturated carbocycles. The first-order valence-corrected chi connectivity index (χ1v) is 7.14. The number of rotatable bonds is 3. The molecular weight excluding hydrogens is 339 g/mol. The van der Waals surface area contributed by atoms with Crippen LogP contribution in [-0.2, 0) is 4.79 Å². The van der Waals surface area contributed by atoms with Gasteiger partial charge in [-0.3, -0.25) is 0 Å². The van der Waals surface area contributed by atoms with Gasteiger partial charge in [0.15, 0.2) is 0 Å². The molecule has 0 saturated heterocycles. The van der Waals surface area contributed by atoms with Crippen LogP contribution in [0.1, 0.15) is 13.8 Å². The second-order valence-corrected chi connectivity index (χ2v) is 6.03. The minimum Gasteiger partial charge on any atom is -0.480 e. The van der Waals surface area contributed by atoms with Gasteiger partial charge >= 0.3 is 12.0 Å². The second-order valence-electron chi connectivity index (χ2n) is 4.69. The molecule has 0 aliphatic rings. The molecule has 7 nitrogen and oxygen atoms in total. The number of aliphatic carboxylic acids is 1. The van der Waals surface area contributed by atoms with Gasteiger partial charge in [-0.05, 0) is 19.9 Å². The van der Waals surface area contributed by atoms with E-state index >= 15 is 0 Å². The van der Waals surface area contributed by atoms with Crippen LogP contribution in [0.3, 0.4) is 0 Å². The largest absolute Gasteiger partial charge is 0.480 e. The Morgan fingerprint density at radius 1 is 1.24 bits per heavy atom. The van der Waals surface area contributed by atoms with Gasteiger partial charge < -0.3 is 15.7 Å². The number of aromatic nitrogens is 2. The van der Waals surface area contributed by atoms with E-state index in [1.807, 2.05) is 0 Å². The van der Waals surface area contributed by atoms with Crippen molar-refractivity contribution in [2.75, 3.05) is 5.32 Å². The van der Waals surface area contributed by atoms with Gasteiger partial charge in [0, 0.05) is 0 Å². The Hall–Kier alpha value is -1.64. The normalized spacial score (nSPS) is 11.4. The molecule has 2 rings (SSSR count). The molecule has 0 aliphatic carbocycles. The molecule has 21 heavy (non-hydrogen) atoms. The van der Waals surface area contributed by atoms with Crippen LogP contribution in [0.5, 0.6) is 0 Å². The Bertz CT molecular complexity index is 732. The number of halogens is 2. The summed E-state index contributed by atoms with van der Waals surface area (Å²) in [6.45, 7) is 2.72. The van der Waals surface area contributed by atoms with Gasteiger partial charge in [-0.1, -0.05) is 23.2 Å². The van der Waals surface area contributed by atoms with Gasteiger partial charge in [0.05, 0.1) is 27.5 Å². The number of nitrogens with zero attached hydrogens (tertiary/aromatic N) is 2. The molecule has 0 fully saturated rings. The molecule has 10 heteroatoms. The smallest absolute Gasteiger partial charge is 0.328 e. The summed E-state index contributed by atoms with van der Waals surface area (Å²) < 4.78 is 8.03. The summed E-state index contributed by atoms with van der Waals surface area (Å²) in [5.41, 5.74) is -0.439. The third kappa shape index (κ3) is 3.17. The molecule has 0 bridgehead atoms. The molecule has 112 valence electrons. The first-order valence-electron chi connectivity index (χ1n) is 5.65. The van der Waals surface area contributed by atoms with Crippen molar-refractivity contribution in [3.63, 3.8) is 0 Å². The van der Waals surface area contributed by atoms with Crippen LogP contribution in [0.25, 0.3) is 11.0 Å². The summed E-state index contributed by atoms with van der Waals surface area (Å²) in [6.07, 6.45) is 0. The van der Waals surface area contributed by atoms with Gasteiger partial charge in [0.1, 0.15) is 16.6 Å². The van der Waals surface area contributed by atoms with Crippen LogP contribution < -0.4 is 10.6 Å². The number of amides is 2. The van der Waals surface area contributed by atoms with Crippen LogP contribution in [0.15, 0.2) is 6.07 Å². The van der Waals surface area contributed by atoms with E-state index in [0.29, 0.717) is 16.1 Å². The van der Waals surface area contributed by atoms with Gasteiger partial charge in [-0.2, -0.15) is 8.75 Å². The standard InChI is InChI=1S/C11H10Cl2N4O3S/c1-11(2,9(18)19)15-10(20)14-6-4(12)3-5(13)7-8(6)17-21-16-7/h3H,1-2H3,(H,18,19)(H2,14,15,20). The van der Waals surface area contributed by atoms with Crippen molar-refractivity contribution in [3.05, 3.63) is 16.1 Å². The average molecular weight is 349 g/mol. The minimum atomic E-state index is -1.43. The summed E-state index contributed by atoms with van der Waals surface area (Å²) in [5, 5.41) is 14.3. The molecular formula is C11H10Cl2N4O3S. The fraction of sp³-hybridized carbons (Fsp3) is 0.273. The van der Waals surface area contributed by atoms with E-state index in [1.54, 1.807) is 0 Å². The second kappa shape index (κ2) is 5.63. The molecule has 2 aromatic rings. The number of carboxylic acids is 1. The van der Waals surface area contributed by atoms with Crippen LogP contribution in [0.2, 0.25) is 10.0 Å². The maximum atomic E-state index is 11.9. The summed E-state index contributed by atoms with van der Waals surface area (Å²) >= 11 is 12.9. The van der Waals surface area contributed by atoms with Gasteiger partial charge in [0.2, 0.25) is 0 Å². The number of benzene rings is 1. The summed E-state index contributed by atoms with van der Waals surface area (Å²) in [6, 6.07) is 0.714. The SMILES string of the molecule is CC(C)(NC(=O)Nc1c(Cl)cc(Cl)c2nsnc12)C(=O)O. The first-order chi connectivity index (χ1) is 9.72. The predicted octanol–water partition coefficient (Wildman–Crippen LogP) is 2.98. The number of anilines is 1. The minimum absolute atomic E-state index is 0.184. The maximum absolute atomic E-state index is 11.9. The summed E-state index contributed by atoms with van der Waals surface area (Å²) in [5.74, 6) is -1.17. The van der Waals surface area contributed by atoms with Crippen LogP contribution in [0, 0.1) is 0 Å². The number of carbonyl (C=O) groups is 2. The molecule has 2 amide bonds. The summed E-state index contributed by atoms with van der Waals surface area (Å²) in [7, 11) is 0. The maximum Gasteiger partial charge on any atom is 0.328 e. The highest BCUT2D eigenvalue weighted by atomic mass is 35.5. The number of nitrogens with one attached hydrogen (secondary N) is 2. The fourth-order valence-corrected chi connectivity index (χ4v) is 2.63. The zero-order valence-electron chi connectivity index (χ0n) is 10.9. The van der Waals surface area contributed by atoms with Crippen molar-refractivity contribution in [1.82, 2.24) is 14.1 Å². The van der Waals surface area contributed by atoms with E-state index < -0.39 is 17.5 Å². The van der Waals surface area contributed by atoms with Crippen molar-refractivity contribution >= 4 is 63.7 Å². The zero-order valence-corrected chi connectivity index (χ0v) is 13.2. The molecule has 0 aliphatic heterocycles. The molecule has 1 heterocycles. The van der Waals surface area contributed by atoms with Crippen molar-refractivity contribution < 1.29 is 14.7 Å². The molecule has 0 spiro atoms. The molecule has 0 unspecified atom stereocenters. The highest BCUT2D eigenvalue weighted by Gasteiger charge is 2.29. The Labute approximate surface area is 133 Å². The lowest BCUT2D eigenvalue weighted by atomic mass is 10.1. The molecule has 0 radical (unpaired) electrons. The van der Waals surface area contributed by atoms with Crippen molar-refractivity contribution in [3.8, 4) is 0 Å². The third-order valence-corrected chi connectivity index (χ3v) is 3.76. The van der Waals surface area contributed by atoms with Crippen molar-refractivity contribution in [2.45, 2.75) is 19.4 Å². The quantitative estimate of drug-likeness (QED) is 0.790. The molecule has 0 atom stereocenters. The van der Waals surface area contributed by atoms with E-state index in [0.717, 1.165) is 11.7 Å². The van der Waals surface area contributed by atoms with Crippen molar-refractivity contribution in [1.29, 1.82) is 0 Å². The Morgan fingerprint density at radius 2 is 1.86 bits per heavy atom. The lowest BCUT2D eigenvalue weighted by Crippen LogP contribution is -2.51. The number of carboxylic acid groups (broad SMARTS) is 1. The monoisotopic (exact) mass is 348 g/mol. The number of urea groups is 1. The van der Waals surface area contributed by atoms with Gasteiger partial charge in [-0.25, -0.2) is 9.59 Å². The molecule has 1 aromatic heterocycles. The van der Waals surface area contributed by atoms with E-state index in [4.69, 9.17) is 28.3 Å². The molecule has 3 N–H and O–H groups in total. The number of fused-ring (bicyclic) bond motifs is 1. The predicted molar refractivity (Wildman–Crippen MR) is 81.3 cm³/mol. The van der Waals surface area contributed by atoms with Crippen LogP contribution >= 0.6 is 34.9 Å². The third-order valence-electron chi connectivity index (χ3n) is 2.64. The fourth-order valence-electron chi connectivity index (χ4n) is 1.48. The van der Waals surface area contributed by atoms with E-state index in [9.17, 15) is 9.59 Å². The van der Waals surface area contributed by atoms with Crippen molar-refractivity contribution in [2.24, 2.45) is 0 Å². The topological polar surface area (TPSA) is 104 Å². The van der Waals surface area contributed by atoms with Crippen LogP contribution in [0.4, 0.5) is 10.5 Å². The lowest BCUT2D eigenvalue weighted by molar-refractivity contribution is -0.142. The van der Waals surface area contributed by atoms with E-state index in [2.05, 4.69) is 19.4 Å². The number of hydrogen-bond acceptors (Lipinski definition) is 5. The Balaban J connectivity index is 2.30. The summed E-state index contributed by atoms with van der Waals surface area (Å²) in [4.78, 5) is 22.9. The van der Waals surface area contributed by atoms with Gasteiger partial charge in [0.25, 0.3) is 0 Å². The number of carbonyl (C=O) groups excluding carboxylic acids is 1.